The largest absolute Gasteiger partial charge is 1.00 e. The van der Waals surface area contributed by atoms with Crippen LogP contribution in [-0.4, -0.2) is 43.9 Å². The molecule has 0 spiro atoms. The second-order valence-corrected chi connectivity index (χ2v) is 6.97. The molecule has 0 bridgehead atoms. The van der Waals surface area contributed by atoms with E-state index in [4.69, 9.17) is 4.74 Å². The fraction of sp³-hybridized carbons (Fsp3) is 1.00. The van der Waals surface area contributed by atoms with Crippen LogP contribution in [0.15, 0.2) is 0 Å². The number of hydrogen-bond acceptors (Lipinski definition) is 1. The smallest absolute Gasteiger partial charge is 0.0786 e. The van der Waals surface area contributed by atoms with Crippen LogP contribution in [0.3, 0.4) is 0 Å². The molecule has 1 fully saturated rings. The van der Waals surface area contributed by atoms with Crippen LogP contribution < -0.4 is 17.0 Å². The Morgan fingerprint density at radius 3 is 1.09 bits per heavy atom. The fourth-order valence-electron chi connectivity index (χ4n) is 3.16. The lowest BCUT2D eigenvalue weighted by Gasteiger charge is -2.39. The van der Waals surface area contributed by atoms with Crippen LogP contribution >= 0.6 is 0 Å². The van der Waals surface area contributed by atoms with Crippen LogP contribution in [0.2, 0.25) is 0 Å². The minimum absolute atomic E-state index is 0. The Hall–Kier alpha value is 0.400. The van der Waals surface area contributed by atoms with Gasteiger partial charge in [0.05, 0.1) is 26.2 Å². The molecule has 0 N–H and O–H groups in total. The van der Waals surface area contributed by atoms with E-state index in [9.17, 15) is 0 Å². The van der Waals surface area contributed by atoms with Gasteiger partial charge in [-0.15, -0.1) is 0 Å². The summed E-state index contributed by atoms with van der Waals surface area (Å²) in [6, 6.07) is 0. The average molecular weight is 394 g/mol. The zero-order valence-corrected chi connectivity index (χ0v) is 18.1. The summed E-state index contributed by atoms with van der Waals surface area (Å²) in [4.78, 5) is 0. The predicted molar refractivity (Wildman–Crippen MR) is 99.4 cm³/mol. The first kappa shape index (κ1) is 25.6. The Morgan fingerprint density at radius 1 is 0.609 bits per heavy atom. The molecule has 0 unspecified atom stereocenters. The average Bonchev–Trinajstić information content (AvgIpc) is 3.13. The normalized spacial score (nSPS) is 14.1. The number of rotatable bonds is 12. The summed E-state index contributed by atoms with van der Waals surface area (Å²) in [6.07, 6.45) is 13.6. The summed E-state index contributed by atoms with van der Waals surface area (Å²) in [5, 5.41) is 0. The van der Waals surface area contributed by atoms with E-state index in [1.807, 2.05) is 0 Å². The molecular formula is C20H44BrNO. The van der Waals surface area contributed by atoms with Gasteiger partial charge in [-0.25, -0.2) is 0 Å². The van der Waals surface area contributed by atoms with E-state index >= 15 is 0 Å². The third-order valence-corrected chi connectivity index (χ3v) is 4.77. The van der Waals surface area contributed by atoms with E-state index in [0.717, 1.165) is 13.2 Å². The van der Waals surface area contributed by atoms with Crippen LogP contribution in [-0.2, 0) is 4.74 Å². The van der Waals surface area contributed by atoms with Crippen molar-refractivity contribution >= 4 is 0 Å². The van der Waals surface area contributed by atoms with Gasteiger partial charge in [0.15, 0.2) is 0 Å². The number of nitrogens with zero attached hydrogens (tertiary/aromatic N) is 1. The molecule has 142 valence electrons. The SMILES string of the molecule is C1CCOC1.CCCC[N+](CCCC)(CCCC)CCCC.[Br-]. The maximum atomic E-state index is 4.94. The van der Waals surface area contributed by atoms with Crippen LogP contribution in [0.25, 0.3) is 0 Å². The molecule has 1 aliphatic heterocycles. The van der Waals surface area contributed by atoms with E-state index in [-0.39, 0.29) is 17.0 Å². The van der Waals surface area contributed by atoms with E-state index in [2.05, 4.69) is 27.7 Å². The van der Waals surface area contributed by atoms with Gasteiger partial charge in [-0.05, 0) is 38.5 Å². The second kappa shape index (κ2) is 18.7. The molecule has 1 saturated heterocycles. The van der Waals surface area contributed by atoms with Gasteiger partial charge >= 0.3 is 0 Å². The highest BCUT2D eigenvalue weighted by molar-refractivity contribution is 4.49. The minimum Gasteiger partial charge on any atom is -1.00 e. The molecule has 1 heterocycles. The third-order valence-electron chi connectivity index (χ3n) is 4.77. The van der Waals surface area contributed by atoms with Gasteiger partial charge in [-0.1, -0.05) is 53.4 Å². The topological polar surface area (TPSA) is 9.23 Å². The molecule has 2 nitrogen and oxygen atoms in total. The highest BCUT2D eigenvalue weighted by atomic mass is 79.9. The molecule has 0 amide bonds. The number of ether oxygens (including phenoxy) is 1. The lowest BCUT2D eigenvalue weighted by Crippen LogP contribution is -3.00. The summed E-state index contributed by atoms with van der Waals surface area (Å²) in [5.41, 5.74) is 0. The summed E-state index contributed by atoms with van der Waals surface area (Å²) in [7, 11) is 0. The van der Waals surface area contributed by atoms with Crippen LogP contribution in [0.1, 0.15) is 91.9 Å². The first-order valence-electron chi connectivity index (χ1n) is 10.2. The fourth-order valence-corrected chi connectivity index (χ4v) is 3.16. The lowest BCUT2D eigenvalue weighted by molar-refractivity contribution is -0.929. The summed E-state index contributed by atoms with van der Waals surface area (Å²) in [6.45, 7) is 17.0. The van der Waals surface area contributed by atoms with Crippen molar-refractivity contribution in [3.05, 3.63) is 0 Å². The molecule has 3 heteroatoms. The van der Waals surface area contributed by atoms with E-state index < -0.39 is 0 Å². The van der Waals surface area contributed by atoms with Crippen molar-refractivity contribution in [2.75, 3.05) is 39.4 Å². The lowest BCUT2D eigenvalue weighted by atomic mass is 10.1. The Balaban J connectivity index is 0. The summed E-state index contributed by atoms with van der Waals surface area (Å²) >= 11 is 0. The van der Waals surface area contributed by atoms with Crippen molar-refractivity contribution in [2.45, 2.75) is 91.9 Å². The third kappa shape index (κ3) is 14.4. The van der Waals surface area contributed by atoms with E-state index in [1.165, 1.54) is 94.9 Å². The standard InChI is InChI=1S/C16H36N.C4H8O.BrH/c1-5-9-13-17(14-10-6-2,15-11-7-3)16-12-8-4;1-2-4-5-3-1;/h5-16H2,1-4H3;1-4H2;1H/q+1;;/p-1. The van der Waals surface area contributed by atoms with Gasteiger partial charge in [0.2, 0.25) is 0 Å². The van der Waals surface area contributed by atoms with E-state index in [1.54, 1.807) is 0 Å². The molecule has 1 rings (SSSR count). The predicted octanol–water partition coefficient (Wildman–Crippen LogP) is 2.80. The molecule has 0 saturated carbocycles. The van der Waals surface area contributed by atoms with Crippen LogP contribution in [0.4, 0.5) is 0 Å². The highest BCUT2D eigenvalue weighted by Crippen LogP contribution is 2.16. The molecule has 0 aliphatic carbocycles. The Labute approximate surface area is 157 Å². The van der Waals surface area contributed by atoms with Crippen LogP contribution in [0.5, 0.6) is 0 Å². The van der Waals surface area contributed by atoms with Gasteiger partial charge in [0.1, 0.15) is 0 Å². The van der Waals surface area contributed by atoms with E-state index in [0.29, 0.717) is 0 Å². The van der Waals surface area contributed by atoms with Gasteiger partial charge in [-0.2, -0.15) is 0 Å². The highest BCUT2D eigenvalue weighted by Gasteiger charge is 2.24. The first-order chi connectivity index (χ1) is 10.7. The molecule has 0 aromatic heterocycles. The number of quaternary nitrogens is 1. The Kier molecular flexibility index (Phi) is 20.9. The second-order valence-electron chi connectivity index (χ2n) is 6.97. The minimum atomic E-state index is 0. The van der Waals surface area contributed by atoms with Crippen molar-refractivity contribution in [1.29, 1.82) is 0 Å². The van der Waals surface area contributed by atoms with Crippen molar-refractivity contribution in [1.82, 2.24) is 0 Å². The molecule has 0 aromatic rings. The molecule has 1 aliphatic rings. The van der Waals surface area contributed by atoms with Crippen molar-refractivity contribution in [3.63, 3.8) is 0 Å². The Morgan fingerprint density at radius 2 is 0.913 bits per heavy atom. The maximum Gasteiger partial charge on any atom is 0.0786 e. The quantitative estimate of drug-likeness (QED) is 0.463. The molecule has 0 radical (unpaired) electrons. The number of halogens is 1. The zero-order valence-electron chi connectivity index (χ0n) is 16.5. The van der Waals surface area contributed by atoms with Crippen molar-refractivity contribution < 1.29 is 26.2 Å². The Bertz CT molecular complexity index is 175. The van der Waals surface area contributed by atoms with Gasteiger partial charge in [0.25, 0.3) is 0 Å². The summed E-state index contributed by atoms with van der Waals surface area (Å²) < 4.78 is 6.36. The van der Waals surface area contributed by atoms with Gasteiger partial charge in [-0.3, -0.25) is 0 Å². The molecule has 0 atom stereocenters. The maximum absolute atomic E-state index is 4.94. The van der Waals surface area contributed by atoms with Gasteiger partial charge < -0.3 is 26.2 Å². The molecular weight excluding hydrogens is 350 g/mol. The van der Waals surface area contributed by atoms with Crippen LogP contribution in [0, 0.1) is 0 Å². The van der Waals surface area contributed by atoms with Crippen molar-refractivity contribution in [2.24, 2.45) is 0 Å². The van der Waals surface area contributed by atoms with Gasteiger partial charge in [0, 0.05) is 13.2 Å². The first-order valence-corrected chi connectivity index (χ1v) is 10.2. The molecule has 23 heavy (non-hydrogen) atoms. The monoisotopic (exact) mass is 393 g/mol. The molecule has 0 aromatic carbocycles. The zero-order chi connectivity index (χ0) is 16.5. The van der Waals surface area contributed by atoms with Crippen molar-refractivity contribution in [3.8, 4) is 0 Å². The number of hydrogen-bond donors (Lipinski definition) is 0. The summed E-state index contributed by atoms with van der Waals surface area (Å²) in [5.74, 6) is 0. The number of unbranched alkanes of at least 4 members (excludes halogenated alkanes) is 4.